The van der Waals surface area contributed by atoms with E-state index in [1.807, 2.05) is 0 Å². The minimum Gasteiger partial charge on any atom is -0.478 e. The third-order valence-electron chi connectivity index (χ3n) is 1.65. The summed E-state index contributed by atoms with van der Waals surface area (Å²) >= 11 is 8.56. The van der Waals surface area contributed by atoms with Crippen molar-refractivity contribution in [2.75, 3.05) is 12.4 Å². The van der Waals surface area contributed by atoms with Gasteiger partial charge in [0.25, 0.3) is 0 Å². The van der Waals surface area contributed by atoms with Crippen molar-refractivity contribution in [1.82, 2.24) is 0 Å². The predicted octanol–water partition coefficient (Wildman–Crippen LogP) is 2.98. The van der Waals surface area contributed by atoms with Crippen molar-refractivity contribution < 1.29 is 14.3 Å². The lowest BCUT2D eigenvalue weighted by molar-refractivity contribution is 0.0693. The van der Waals surface area contributed by atoms with E-state index < -0.39 is 17.3 Å². The van der Waals surface area contributed by atoms with Crippen LogP contribution in [0.1, 0.15) is 10.4 Å². The molecular weight excluding hydrogens is 276 g/mol. The minimum absolute atomic E-state index is 0.172. The minimum atomic E-state index is -1.36. The number of rotatable bonds is 2. The molecule has 0 aliphatic heterocycles. The van der Waals surface area contributed by atoms with E-state index in [-0.39, 0.29) is 10.7 Å². The Morgan fingerprint density at radius 3 is 2.71 bits per heavy atom. The van der Waals surface area contributed by atoms with Crippen LogP contribution >= 0.6 is 27.5 Å². The van der Waals surface area contributed by atoms with Gasteiger partial charge in [0.2, 0.25) is 0 Å². The third kappa shape index (κ3) is 1.83. The molecule has 0 radical (unpaired) electrons. The summed E-state index contributed by atoms with van der Waals surface area (Å²) in [4.78, 5) is 10.7. The number of carboxylic acids is 1. The number of anilines is 1. The molecule has 0 aromatic heterocycles. The van der Waals surface area contributed by atoms with Crippen LogP contribution in [-0.2, 0) is 0 Å². The Hall–Kier alpha value is -0.810. The topological polar surface area (TPSA) is 49.3 Å². The van der Waals surface area contributed by atoms with Gasteiger partial charge in [-0.2, -0.15) is 0 Å². The van der Waals surface area contributed by atoms with Crippen molar-refractivity contribution in [3.05, 3.63) is 26.9 Å². The van der Waals surface area contributed by atoms with E-state index in [9.17, 15) is 9.18 Å². The molecule has 0 saturated heterocycles. The fourth-order valence-electron chi connectivity index (χ4n) is 1.00. The van der Waals surface area contributed by atoms with Crippen molar-refractivity contribution in [2.45, 2.75) is 0 Å². The van der Waals surface area contributed by atoms with Gasteiger partial charge in [0.05, 0.1) is 10.7 Å². The number of carbonyl (C=O) groups is 1. The summed E-state index contributed by atoms with van der Waals surface area (Å²) in [5.41, 5.74) is -0.285. The number of nitrogens with one attached hydrogen (secondary N) is 1. The van der Waals surface area contributed by atoms with E-state index in [1.165, 1.54) is 13.1 Å². The Labute approximate surface area is 93.0 Å². The summed E-state index contributed by atoms with van der Waals surface area (Å²) in [5.74, 6) is -2.31. The molecule has 6 heteroatoms. The zero-order chi connectivity index (χ0) is 10.9. The first kappa shape index (κ1) is 11.3. The maximum Gasteiger partial charge on any atom is 0.340 e. The van der Waals surface area contributed by atoms with Crippen LogP contribution in [-0.4, -0.2) is 18.1 Å². The molecule has 1 aromatic rings. The second kappa shape index (κ2) is 4.14. The third-order valence-corrected chi connectivity index (χ3v) is 2.87. The molecule has 1 aromatic carbocycles. The van der Waals surface area contributed by atoms with Crippen LogP contribution in [0, 0.1) is 5.82 Å². The van der Waals surface area contributed by atoms with Gasteiger partial charge in [-0.3, -0.25) is 0 Å². The van der Waals surface area contributed by atoms with Crippen molar-refractivity contribution in [1.29, 1.82) is 0 Å². The monoisotopic (exact) mass is 281 g/mol. The van der Waals surface area contributed by atoms with Gasteiger partial charge in [-0.1, -0.05) is 11.6 Å². The molecule has 1 rings (SSSR count). The quantitative estimate of drug-likeness (QED) is 0.820. The Kier molecular flexibility index (Phi) is 3.34. The smallest absolute Gasteiger partial charge is 0.340 e. The highest BCUT2D eigenvalue weighted by molar-refractivity contribution is 9.10. The maximum absolute atomic E-state index is 13.4. The van der Waals surface area contributed by atoms with E-state index >= 15 is 0 Å². The summed E-state index contributed by atoms with van der Waals surface area (Å²) in [6, 6.07) is 1.41. The summed E-state index contributed by atoms with van der Waals surface area (Å²) in [6.07, 6.45) is 0. The molecule has 0 heterocycles. The van der Waals surface area contributed by atoms with E-state index in [4.69, 9.17) is 16.7 Å². The number of hydrogen-bond donors (Lipinski definition) is 2. The molecule has 0 amide bonds. The van der Waals surface area contributed by atoms with Gasteiger partial charge in [0, 0.05) is 11.5 Å². The first-order valence-corrected chi connectivity index (χ1v) is 4.74. The van der Waals surface area contributed by atoms with Gasteiger partial charge < -0.3 is 10.4 Å². The van der Waals surface area contributed by atoms with Gasteiger partial charge in [-0.05, 0) is 22.0 Å². The summed E-state index contributed by atoms with van der Waals surface area (Å²) in [5, 5.41) is 11.1. The van der Waals surface area contributed by atoms with Crippen LogP contribution < -0.4 is 5.32 Å². The fourth-order valence-corrected chi connectivity index (χ4v) is 1.55. The number of benzene rings is 1. The van der Waals surface area contributed by atoms with Crippen LogP contribution in [0.15, 0.2) is 10.5 Å². The molecule has 76 valence electrons. The predicted molar refractivity (Wildman–Crippen MR) is 55.6 cm³/mol. The van der Waals surface area contributed by atoms with E-state index in [0.717, 1.165) is 0 Å². The fraction of sp³-hybridized carbons (Fsp3) is 0.125. The molecule has 0 atom stereocenters. The van der Waals surface area contributed by atoms with Crippen molar-refractivity contribution in [3.8, 4) is 0 Å². The normalized spacial score (nSPS) is 10.0. The summed E-state index contributed by atoms with van der Waals surface area (Å²) < 4.78 is 13.7. The summed E-state index contributed by atoms with van der Waals surface area (Å²) in [7, 11) is 1.50. The molecule has 0 aliphatic rings. The van der Waals surface area contributed by atoms with Gasteiger partial charge in [-0.15, -0.1) is 0 Å². The molecule has 0 fully saturated rings. The second-order valence-electron chi connectivity index (χ2n) is 2.46. The zero-order valence-corrected chi connectivity index (χ0v) is 9.41. The number of aromatic carboxylic acids is 1. The van der Waals surface area contributed by atoms with Gasteiger partial charge in [-0.25, -0.2) is 9.18 Å². The molecular formula is C8H6BrClFNO2. The van der Waals surface area contributed by atoms with Crippen LogP contribution in [0.4, 0.5) is 10.1 Å². The van der Waals surface area contributed by atoms with Crippen LogP contribution in [0.2, 0.25) is 5.02 Å². The van der Waals surface area contributed by atoms with E-state index in [2.05, 4.69) is 21.2 Å². The summed E-state index contributed by atoms with van der Waals surface area (Å²) in [6.45, 7) is 0. The van der Waals surface area contributed by atoms with Crippen molar-refractivity contribution in [3.63, 3.8) is 0 Å². The first-order chi connectivity index (χ1) is 6.49. The van der Waals surface area contributed by atoms with Gasteiger partial charge >= 0.3 is 5.97 Å². The highest BCUT2D eigenvalue weighted by Crippen LogP contribution is 2.32. The largest absolute Gasteiger partial charge is 0.478 e. The lowest BCUT2D eigenvalue weighted by Gasteiger charge is -2.08. The number of hydrogen-bond acceptors (Lipinski definition) is 2. The zero-order valence-electron chi connectivity index (χ0n) is 7.07. The van der Waals surface area contributed by atoms with E-state index in [1.54, 1.807) is 0 Å². The molecule has 0 saturated carbocycles. The molecule has 14 heavy (non-hydrogen) atoms. The Morgan fingerprint density at radius 1 is 1.71 bits per heavy atom. The Morgan fingerprint density at radius 2 is 2.29 bits per heavy atom. The molecule has 0 spiro atoms. The van der Waals surface area contributed by atoms with E-state index in [0.29, 0.717) is 4.47 Å². The van der Waals surface area contributed by atoms with Crippen LogP contribution in [0.3, 0.4) is 0 Å². The molecule has 3 nitrogen and oxygen atoms in total. The lowest BCUT2D eigenvalue weighted by atomic mass is 10.1. The van der Waals surface area contributed by atoms with Crippen LogP contribution in [0.5, 0.6) is 0 Å². The Bertz CT molecular complexity index is 397. The van der Waals surface area contributed by atoms with Gasteiger partial charge in [0.15, 0.2) is 5.82 Å². The standard InChI is InChI=1S/C8H6BrClFNO2/c1-12-4-2-3(9)6(10)7(11)5(4)8(13)14/h2,12H,1H3,(H,13,14). The van der Waals surface area contributed by atoms with Gasteiger partial charge in [0.1, 0.15) is 5.56 Å². The van der Waals surface area contributed by atoms with Crippen molar-refractivity contribution in [2.24, 2.45) is 0 Å². The average Bonchev–Trinajstić information content (AvgIpc) is 2.12. The SMILES string of the molecule is CNc1cc(Br)c(Cl)c(F)c1C(=O)O. The highest BCUT2D eigenvalue weighted by Gasteiger charge is 2.20. The Balaban J connectivity index is 3.53. The number of halogens is 3. The lowest BCUT2D eigenvalue weighted by Crippen LogP contribution is -2.06. The number of carboxylic acid groups (broad SMARTS) is 1. The molecule has 2 N–H and O–H groups in total. The van der Waals surface area contributed by atoms with Crippen molar-refractivity contribution >= 4 is 39.2 Å². The first-order valence-electron chi connectivity index (χ1n) is 3.57. The molecule has 0 aliphatic carbocycles. The maximum atomic E-state index is 13.4. The average molecular weight is 282 g/mol. The molecule has 0 bridgehead atoms. The second-order valence-corrected chi connectivity index (χ2v) is 3.70. The van der Waals surface area contributed by atoms with Crippen LogP contribution in [0.25, 0.3) is 0 Å². The molecule has 0 unspecified atom stereocenters. The highest BCUT2D eigenvalue weighted by atomic mass is 79.9.